The van der Waals surface area contributed by atoms with Gasteiger partial charge in [0.2, 0.25) is 0 Å². The molecule has 0 aliphatic rings. The number of hydrogen-bond acceptors (Lipinski definition) is 3. The molecule has 2 aromatic rings. The minimum absolute atomic E-state index is 0.332. The Morgan fingerprint density at radius 2 is 2.00 bits per heavy atom. The lowest BCUT2D eigenvalue weighted by molar-refractivity contribution is 0.0600. The molecule has 0 spiro atoms. The van der Waals surface area contributed by atoms with Crippen LogP contribution >= 0.6 is 0 Å². The molecule has 0 aliphatic carbocycles. The van der Waals surface area contributed by atoms with E-state index in [1.54, 1.807) is 18.3 Å². The maximum Gasteiger partial charge on any atom is 0.337 e. The smallest absolute Gasteiger partial charge is 0.337 e. The van der Waals surface area contributed by atoms with E-state index in [4.69, 9.17) is 0 Å². The number of benzene rings is 1. The minimum Gasteiger partial charge on any atom is -0.465 e. The molecule has 0 fully saturated rings. The van der Waals surface area contributed by atoms with Crippen LogP contribution in [0.4, 0.5) is 0 Å². The molecule has 0 unspecified atom stereocenters. The molecule has 3 heteroatoms. The Hall–Kier alpha value is -2.16. The highest BCUT2D eigenvalue weighted by molar-refractivity contribution is 5.89. The molecule has 1 heterocycles. The predicted octanol–water partition coefficient (Wildman–Crippen LogP) is 2.46. The van der Waals surface area contributed by atoms with Crippen molar-refractivity contribution in [2.24, 2.45) is 0 Å². The SMILES string of the molecule is COC(=O)c1ccnc(Cc2ccccc2)c1. The first-order valence-electron chi connectivity index (χ1n) is 5.37. The number of carbonyl (C=O) groups is 1. The van der Waals surface area contributed by atoms with Crippen molar-refractivity contribution in [1.82, 2.24) is 4.98 Å². The van der Waals surface area contributed by atoms with Crippen molar-refractivity contribution in [3.63, 3.8) is 0 Å². The lowest BCUT2D eigenvalue weighted by Gasteiger charge is -2.03. The molecule has 0 atom stereocenters. The predicted molar refractivity (Wildman–Crippen MR) is 64.8 cm³/mol. The van der Waals surface area contributed by atoms with Crippen LogP contribution in [-0.4, -0.2) is 18.1 Å². The van der Waals surface area contributed by atoms with E-state index in [0.717, 1.165) is 5.69 Å². The van der Waals surface area contributed by atoms with Crippen molar-refractivity contribution in [3.05, 3.63) is 65.5 Å². The van der Waals surface area contributed by atoms with Gasteiger partial charge in [-0.05, 0) is 17.7 Å². The van der Waals surface area contributed by atoms with Gasteiger partial charge in [-0.1, -0.05) is 30.3 Å². The van der Waals surface area contributed by atoms with Crippen molar-refractivity contribution >= 4 is 5.97 Å². The molecule has 0 saturated heterocycles. The molecule has 0 amide bonds. The van der Waals surface area contributed by atoms with Crippen molar-refractivity contribution in [1.29, 1.82) is 0 Å². The van der Waals surface area contributed by atoms with Gasteiger partial charge in [-0.15, -0.1) is 0 Å². The number of ether oxygens (including phenoxy) is 1. The normalized spacial score (nSPS) is 9.94. The highest BCUT2D eigenvalue weighted by Gasteiger charge is 2.06. The van der Waals surface area contributed by atoms with Gasteiger partial charge in [0, 0.05) is 18.3 Å². The summed E-state index contributed by atoms with van der Waals surface area (Å²) < 4.78 is 4.67. The average Bonchev–Trinajstić information content (AvgIpc) is 2.39. The summed E-state index contributed by atoms with van der Waals surface area (Å²) in [6.45, 7) is 0. The van der Waals surface area contributed by atoms with E-state index in [-0.39, 0.29) is 5.97 Å². The van der Waals surface area contributed by atoms with E-state index < -0.39 is 0 Å². The molecule has 2 rings (SSSR count). The number of carbonyl (C=O) groups excluding carboxylic acids is 1. The third kappa shape index (κ3) is 2.91. The van der Waals surface area contributed by atoms with E-state index in [1.165, 1.54) is 12.7 Å². The van der Waals surface area contributed by atoms with Crippen LogP contribution in [0.3, 0.4) is 0 Å². The van der Waals surface area contributed by atoms with Crippen LogP contribution in [0.25, 0.3) is 0 Å². The standard InChI is InChI=1S/C14H13NO2/c1-17-14(16)12-7-8-15-13(10-12)9-11-5-3-2-4-6-11/h2-8,10H,9H2,1H3. The number of methoxy groups -OCH3 is 1. The molecule has 0 radical (unpaired) electrons. The minimum atomic E-state index is -0.332. The zero-order valence-electron chi connectivity index (χ0n) is 9.59. The Balaban J connectivity index is 2.20. The van der Waals surface area contributed by atoms with Gasteiger partial charge in [-0.3, -0.25) is 4.98 Å². The van der Waals surface area contributed by atoms with Crippen molar-refractivity contribution in [2.45, 2.75) is 6.42 Å². The monoisotopic (exact) mass is 227 g/mol. The zero-order valence-corrected chi connectivity index (χ0v) is 9.59. The van der Waals surface area contributed by atoms with Crippen molar-refractivity contribution in [2.75, 3.05) is 7.11 Å². The maximum absolute atomic E-state index is 11.4. The Kier molecular flexibility index (Phi) is 3.50. The fourth-order valence-electron chi connectivity index (χ4n) is 1.62. The summed E-state index contributed by atoms with van der Waals surface area (Å²) in [5.74, 6) is -0.332. The van der Waals surface area contributed by atoms with Crippen LogP contribution < -0.4 is 0 Å². The van der Waals surface area contributed by atoms with Gasteiger partial charge < -0.3 is 4.74 Å². The van der Waals surface area contributed by atoms with Crippen molar-refractivity contribution in [3.8, 4) is 0 Å². The highest BCUT2D eigenvalue weighted by Crippen LogP contribution is 2.09. The molecule has 17 heavy (non-hydrogen) atoms. The van der Waals surface area contributed by atoms with E-state index in [9.17, 15) is 4.79 Å². The summed E-state index contributed by atoms with van der Waals surface area (Å²) >= 11 is 0. The van der Waals surface area contributed by atoms with Gasteiger partial charge in [0.25, 0.3) is 0 Å². The highest BCUT2D eigenvalue weighted by atomic mass is 16.5. The quantitative estimate of drug-likeness (QED) is 0.756. The first-order chi connectivity index (χ1) is 8.29. The number of esters is 1. The number of nitrogens with zero attached hydrogens (tertiary/aromatic N) is 1. The number of hydrogen-bond donors (Lipinski definition) is 0. The zero-order chi connectivity index (χ0) is 12.1. The van der Waals surface area contributed by atoms with Gasteiger partial charge in [0.15, 0.2) is 0 Å². The largest absolute Gasteiger partial charge is 0.465 e. The summed E-state index contributed by atoms with van der Waals surface area (Å²) in [4.78, 5) is 15.6. The molecule has 1 aromatic heterocycles. The Morgan fingerprint density at radius 3 is 2.71 bits per heavy atom. The molecule has 86 valence electrons. The lowest BCUT2D eigenvalue weighted by atomic mass is 10.1. The second kappa shape index (κ2) is 5.25. The summed E-state index contributed by atoms with van der Waals surface area (Å²) in [6, 6.07) is 13.4. The summed E-state index contributed by atoms with van der Waals surface area (Å²) in [5, 5.41) is 0. The summed E-state index contributed by atoms with van der Waals surface area (Å²) in [5.41, 5.74) is 2.56. The molecule has 0 saturated carbocycles. The molecule has 3 nitrogen and oxygen atoms in total. The van der Waals surface area contributed by atoms with E-state index >= 15 is 0 Å². The lowest BCUT2D eigenvalue weighted by Crippen LogP contribution is -2.03. The molecular formula is C14H13NO2. The number of rotatable bonds is 3. The maximum atomic E-state index is 11.4. The fourth-order valence-corrected chi connectivity index (χ4v) is 1.62. The van der Waals surface area contributed by atoms with Crippen LogP contribution in [0.1, 0.15) is 21.6 Å². The molecule has 0 bridgehead atoms. The Bertz CT molecular complexity index is 509. The average molecular weight is 227 g/mol. The number of aromatic nitrogens is 1. The summed E-state index contributed by atoms with van der Waals surface area (Å²) in [6.07, 6.45) is 2.34. The molecule has 0 N–H and O–H groups in total. The van der Waals surface area contributed by atoms with Crippen LogP contribution in [0.2, 0.25) is 0 Å². The first-order valence-corrected chi connectivity index (χ1v) is 5.37. The first kappa shape index (κ1) is 11.3. The van der Waals surface area contributed by atoms with Gasteiger partial charge >= 0.3 is 5.97 Å². The van der Waals surface area contributed by atoms with Crippen molar-refractivity contribution < 1.29 is 9.53 Å². The summed E-state index contributed by atoms with van der Waals surface area (Å²) in [7, 11) is 1.37. The van der Waals surface area contributed by atoms with Crippen LogP contribution in [0, 0.1) is 0 Å². The molecule has 0 aliphatic heterocycles. The topological polar surface area (TPSA) is 39.2 Å². The van der Waals surface area contributed by atoms with E-state index in [1.807, 2.05) is 30.3 Å². The second-order valence-corrected chi connectivity index (χ2v) is 3.69. The molecular weight excluding hydrogens is 214 g/mol. The van der Waals surface area contributed by atoms with Crippen LogP contribution in [0.15, 0.2) is 48.7 Å². The van der Waals surface area contributed by atoms with E-state index in [2.05, 4.69) is 9.72 Å². The third-order valence-corrected chi connectivity index (χ3v) is 2.47. The fraction of sp³-hybridized carbons (Fsp3) is 0.143. The van der Waals surface area contributed by atoms with Gasteiger partial charge in [0.05, 0.1) is 12.7 Å². The van der Waals surface area contributed by atoms with Crippen LogP contribution in [0.5, 0.6) is 0 Å². The second-order valence-electron chi connectivity index (χ2n) is 3.69. The van der Waals surface area contributed by atoms with Crippen LogP contribution in [-0.2, 0) is 11.2 Å². The van der Waals surface area contributed by atoms with Gasteiger partial charge in [-0.25, -0.2) is 4.79 Å². The Morgan fingerprint density at radius 1 is 1.24 bits per heavy atom. The third-order valence-electron chi connectivity index (χ3n) is 2.47. The molecule has 1 aromatic carbocycles. The van der Waals surface area contributed by atoms with Gasteiger partial charge in [0.1, 0.15) is 0 Å². The Labute approximate surface area is 100 Å². The van der Waals surface area contributed by atoms with E-state index in [0.29, 0.717) is 12.0 Å². The van der Waals surface area contributed by atoms with Gasteiger partial charge in [-0.2, -0.15) is 0 Å². The number of pyridine rings is 1.